The van der Waals surface area contributed by atoms with Crippen LogP contribution >= 0.6 is 0 Å². The summed E-state index contributed by atoms with van der Waals surface area (Å²) in [4.78, 5) is 0. The standard InChI is InChI=1S/C25H26F4N4O2S/c1-33-23(15-6-8-21(26)9-7-15)13-22(31-33)17-3-2-16-10-18-4-5-19(12-20(16)11-17)24(18)32-36(34,35)30-14-25(27,28)29/h2-3,6-9,11,13,18-19,24,30,32H,4-5,10,12,14H2,1H3/t18-,19+,24+/m0/s1. The number of aromatic nitrogens is 2. The van der Waals surface area contributed by atoms with Gasteiger partial charge in [-0.25, -0.2) is 4.39 Å². The van der Waals surface area contributed by atoms with Crippen molar-refractivity contribution >= 4 is 10.2 Å². The Bertz CT molecular complexity index is 1370. The van der Waals surface area contributed by atoms with Gasteiger partial charge in [-0.2, -0.15) is 36.1 Å². The van der Waals surface area contributed by atoms with E-state index in [-0.39, 0.29) is 17.7 Å². The number of hydrogen-bond acceptors (Lipinski definition) is 3. The minimum atomic E-state index is -4.62. The van der Waals surface area contributed by atoms with Gasteiger partial charge in [0, 0.05) is 18.7 Å². The molecule has 3 atom stereocenters. The predicted molar refractivity (Wildman–Crippen MR) is 128 cm³/mol. The summed E-state index contributed by atoms with van der Waals surface area (Å²) in [7, 11) is -2.45. The summed E-state index contributed by atoms with van der Waals surface area (Å²) in [6.07, 6.45) is -1.71. The molecule has 1 aromatic heterocycles. The van der Waals surface area contributed by atoms with Crippen LogP contribution in [0.4, 0.5) is 17.6 Å². The van der Waals surface area contributed by atoms with E-state index in [4.69, 9.17) is 0 Å². The van der Waals surface area contributed by atoms with Gasteiger partial charge in [-0.1, -0.05) is 12.1 Å². The maximum absolute atomic E-state index is 13.3. The zero-order valence-corrected chi connectivity index (χ0v) is 20.3. The minimum absolute atomic E-state index is 0.00697. The van der Waals surface area contributed by atoms with Crippen molar-refractivity contribution in [1.29, 1.82) is 0 Å². The maximum atomic E-state index is 13.3. The molecule has 2 aromatic carbocycles. The van der Waals surface area contributed by atoms with E-state index in [1.165, 1.54) is 12.1 Å². The molecule has 36 heavy (non-hydrogen) atoms. The average Bonchev–Trinajstić information content (AvgIpc) is 3.31. The highest BCUT2D eigenvalue weighted by Gasteiger charge is 2.41. The molecule has 0 amide bonds. The number of nitrogens with zero attached hydrogens (tertiary/aromatic N) is 2. The Morgan fingerprint density at radius 3 is 2.28 bits per heavy atom. The number of hydrogen-bond donors (Lipinski definition) is 2. The van der Waals surface area contributed by atoms with Gasteiger partial charge >= 0.3 is 6.18 Å². The van der Waals surface area contributed by atoms with Crippen LogP contribution < -0.4 is 9.44 Å². The minimum Gasteiger partial charge on any atom is -0.267 e. The third kappa shape index (κ3) is 5.33. The fourth-order valence-electron chi connectivity index (χ4n) is 5.46. The van der Waals surface area contributed by atoms with Crippen LogP contribution in [0.3, 0.4) is 0 Å². The van der Waals surface area contributed by atoms with Gasteiger partial charge in [0.25, 0.3) is 10.2 Å². The predicted octanol–water partition coefficient (Wildman–Crippen LogP) is 4.37. The molecule has 3 aromatic rings. The van der Waals surface area contributed by atoms with Crippen molar-refractivity contribution in [2.45, 2.75) is 37.9 Å². The van der Waals surface area contributed by atoms with Crippen LogP contribution in [0.2, 0.25) is 0 Å². The number of alkyl halides is 3. The molecule has 1 fully saturated rings. The third-order valence-electron chi connectivity index (χ3n) is 7.16. The molecule has 5 rings (SSSR count). The molecule has 0 unspecified atom stereocenters. The molecule has 11 heteroatoms. The van der Waals surface area contributed by atoms with E-state index in [1.807, 2.05) is 25.2 Å². The molecule has 6 nitrogen and oxygen atoms in total. The monoisotopic (exact) mass is 522 g/mol. The normalized spacial score (nSPS) is 21.9. The van der Waals surface area contributed by atoms with Gasteiger partial charge in [0.15, 0.2) is 0 Å². The summed E-state index contributed by atoms with van der Waals surface area (Å²) in [6.45, 7) is -1.60. The van der Waals surface area contributed by atoms with E-state index < -0.39 is 29.0 Å². The molecule has 1 saturated carbocycles. The summed E-state index contributed by atoms with van der Waals surface area (Å²) >= 11 is 0. The lowest BCUT2D eigenvalue weighted by atomic mass is 9.91. The number of fused-ring (bicyclic) bond motifs is 3. The Labute approximate surface area is 206 Å². The van der Waals surface area contributed by atoms with Crippen molar-refractivity contribution in [2.75, 3.05) is 6.54 Å². The van der Waals surface area contributed by atoms with Crippen LogP contribution in [0.25, 0.3) is 22.5 Å². The summed E-state index contributed by atoms with van der Waals surface area (Å²) in [6, 6.07) is 13.8. The highest BCUT2D eigenvalue weighted by molar-refractivity contribution is 7.87. The fourth-order valence-corrected chi connectivity index (χ4v) is 6.64. The van der Waals surface area contributed by atoms with Gasteiger partial charge in [0.2, 0.25) is 0 Å². The van der Waals surface area contributed by atoms with Crippen LogP contribution in [0, 0.1) is 17.7 Å². The number of benzene rings is 2. The van der Waals surface area contributed by atoms with Gasteiger partial charge in [0.1, 0.15) is 12.4 Å². The highest BCUT2D eigenvalue weighted by atomic mass is 32.2. The van der Waals surface area contributed by atoms with Crippen molar-refractivity contribution < 1.29 is 26.0 Å². The van der Waals surface area contributed by atoms with Gasteiger partial charge in [-0.15, -0.1) is 0 Å². The first-order valence-corrected chi connectivity index (χ1v) is 13.2. The van der Waals surface area contributed by atoms with E-state index in [1.54, 1.807) is 21.5 Å². The number of aryl methyl sites for hydroxylation is 1. The van der Waals surface area contributed by atoms with Crippen LogP contribution in [0.5, 0.6) is 0 Å². The molecule has 0 saturated heterocycles. The SMILES string of the molecule is Cn1nc(-c2ccc3c(c2)C[C@H]2CC[C@@H](C3)[C@H]2NS(=O)(=O)NCC(F)(F)F)cc1-c1ccc(F)cc1. The second kappa shape index (κ2) is 9.28. The fraction of sp³-hybridized carbons (Fsp3) is 0.400. The smallest absolute Gasteiger partial charge is 0.267 e. The first-order valence-electron chi connectivity index (χ1n) is 11.7. The summed E-state index contributed by atoms with van der Waals surface area (Å²) in [5.74, 6) is -0.296. The lowest BCUT2D eigenvalue weighted by Crippen LogP contribution is -2.49. The molecule has 1 heterocycles. The summed E-state index contributed by atoms with van der Waals surface area (Å²) in [5.41, 5.74) is 5.59. The number of nitrogens with one attached hydrogen (secondary N) is 2. The molecular weight excluding hydrogens is 496 g/mol. The quantitative estimate of drug-likeness (QED) is 0.472. The second-order valence-corrected chi connectivity index (χ2v) is 11.1. The zero-order chi connectivity index (χ0) is 25.7. The lowest BCUT2D eigenvalue weighted by molar-refractivity contribution is -0.121. The molecular formula is C25H26F4N4O2S. The van der Waals surface area contributed by atoms with Gasteiger partial charge in [0.05, 0.1) is 11.4 Å². The lowest BCUT2D eigenvalue weighted by Gasteiger charge is -2.23. The number of halogens is 4. The van der Waals surface area contributed by atoms with E-state index in [9.17, 15) is 26.0 Å². The maximum Gasteiger partial charge on any atom is 0.402 e. The Morgan fingerprint density at radius 2 is 1.61 bits per heavy atom. The van der Waals surface area contributed by atoms with Gasteiger partial charge in [-0.3, -0.25) is 4.68 Å². The second-order valence-electron chi connectivity index (χ2n) is 9.62. The Morgan fingerprint density at radius 1 is 0.972 bits per heavy atom. The van der Waals surface area contributed by atoms with Gasteiger partial charge in [-0.05, 0) is 90.6 Å². The van der Waals surface area contributed by atoms with Crippen molar-refractivity contribution in [3.05, 3.63) is 65.5 Å². The Hall–Kier alpha value is -2.76. The molecule has 192 valence electrons. The van der Waals surface area contributed by atoms with Crippen LogP contribution in [-0.4, -0.2) is 37.0 Å². The van der Waals surface area contributed by atoms with E-state index >= 15 is 0 Å². The summed E-state index contributed by atoms with van der Waals surface area (Å²) < 4.78 is 81.3. The molecule has 2 N–H and O–H groups in total. The summed E-state index contributed by atoms with van der Waals surface area (Å²) in [5, 5.41) is 4.63. The van der Waals surface area contributed by atoms with E-state index in [0.717, 1.165) is 46.5 Å². The molecule has 0 spiro atoms. The zero-order valence-electron chi connectivity index (χ0n) is 19.5. The van der Waals surface area contributed by atoms with Crippen molar-refractivity contribution in [3.8, 4) is 22.5 Å². The van der Waals surface area contributed by atoms with E-state index in [2.05, 4.69) is 15.9 Å². The average molecular weight is 523 g/mol. The highest BCUT2D eigenvalue weighted by Crippen LogP contribution is 2.41. The van der Waals surface area contributed by atoms with Crippen molar-refractivity contribution in [1.82, 2.24) is 19.2 Å². The van der Waals surface area contributed by atoms with Crippen LogP contribution in [0.1, 0.15) is 24.0 Å². The van der Waals surface area contributed by atoms with Crippen LogP contribution in [0.15, 0.2) is 48.5 Å². The Kier molecular flexibility index (Phi) is 6.42. The van der Waals surface area contributed by atoms with Crippen LogP contribution in [-0.2, 0) is 30.1 Å². The number of rotatable bonds is 6. The third-order valence-corrected chi connectivity index (χ3v) is 8.27. The van der Waals surface area contributed by atoms with Crippen molar-refractivity contribution in [2.24, 2.45) is 18.9 Å². The molecule has 2 aliphatic carbocycles. The van der Waals surface area contributed by atoms with E-state index in [0.29, 0.717) is 12.8 Å². The molecule has 2 bridgehead atoms. The Balaban J connectivity index is 1.36. The molecule has 0 aliphatic heterocycles. The van der Waals surface area contributed by atoms with Crippen molar-refractivity contribution in [3.63, 3.8) is 0 Å². The topological polar surface area (TPSA) is 76.0 Å². The first kappa shape index (κ1) is 24.9. The van der Waals surface area contributed by atoms with Gasteiger partial charge < -0.3 is 0 Å². The molecule has 0 radical (unpaired) electrons. The first-order chi connectivity index (χ1) is 17.0. The largest absolute Gasteiger partial charge is 0.402 e. The molecule has 2 aliphatic rings.